The maximum absolute atomic E-state index is 11.9. The third-order valence-electron chi connectivity index (χ3n) is 4.62. The summed E-state index contributed by atoms with van der Waals surface area (Å²) >= 11 is 0. The number of hydrogen-bond donors (Lipinski definition) is 3. The molecule has 164 valence electrons. The fourth-order valence-electron chi connectivity index (χ4n) is 3.08. The molecular weight excluding hydrogens is 481 g/mol. The topological polar surface area (TPSA) is 81.9 Å². The van der Waals surface area contributed by atoms with Gasteiger partial charge in [0.1, 0.15) is 5.76 Å². The second-order valence-corrected chi connectivity index (χ2v) is 7.42. The lowest BCUT2D eigenvalue weighted by Gasteiger charge is -2.32. The molecule has 0 saturated carbocycles. The first-order chi connectivity index (χ1) is 13.6. The van der Waals surface area contributed by atoms with E-state index in [4.69, 9.17) is 4.42 Å². The third kappa shape index (κ3) is 10.7. The zero-order chi connectivity index (χ0) is 20.2. The Bertz CT molecular complexity index is 625. The molecule has 1 aromatic heterocycles. The van der Waals surface area contributed by atoms with Gasteiger partial charge in [0.05, 0.1) is 19.4 Å². The summed E-state index contributed by atoms with van der Waals surface area (Å²) in [5.74, 6) is 1.90. The molecule has 3 N–H and O–H groups in total. The van der Waals surface area contributed by atoms with Gasteiger partial charge in [0.25, 0.3) is 0 Å². The average molecular weight is 517 g/mol. The van der Waals surface area contributed by atoms with Crippen LogP contribution >= 0.6 is 24.0 Å². The molecular formula is C21H36IN5O2. The highest BCUT2D eigenvalue weighted by molar-refractivity contribution is 14.0. The van der Waals surface area contributed by atoms with Crippen molar-refractivity contribution in [3.05, 3.63) is 36.3 Å². The van der Waals surface area contributed by atoms with Gasteiger partial charge in [-0.05, 0) is 38.3 Å². The van der Waals surface area contributed by atoms with Gasteiger partial charge >= 0.3 is 0 Å². The van der Waals surface area contributed by atoms with E-state index in [1.807, 2.05) is 19.1 Å². The molecule has 1 saturated heterocycles. The molecule has 0 aromatic carbocycles. The molecule has 1 aliphatic heterocycles. The summed E-state index contributed by atoms with van der Waals surface area (Å²) in [6.07, 6.45) is 5.46. The van der Waals surface area contributed by atoms with Gasteiger partial charge in [0.2, 0.25) is 5.91 Å². The zero-order valence-corrected chi connectivity index (χ0v) is 20.0. The number of rotatable bonds is 10. The van der Waals surface area contributed by atoms with E-state index in [0.29, 0.717) is 19.1 Å². The molecule has 8 heteroatoms. The first-order valence-corrected chi connectivity index (χ1v) is 10.3. The Morgan fingerprint density at radius 1 is 1.31 bits per heavy atom. The number of carbonyl (C=O) groups is 1. The minimum Gasteiger partial charge on any atom is -0.469 e. The highest BCUT2D eigenvalue weighted by atomic mass is 127. The fourth-order valence-corrected chi connectivity index (χ4v) is 3.08. The van der Waals surface area contributed by atoms with Crippen molar-refractivity contribution in [2.75, 3.05) is 39.3 Å². The highest BCUT2D eigenvalue weighted by Gasteiger charge is 2.21. The second kappa shape index (κ2) is 14.4. The predicted molar refractivity (Wildman–Crippen MR) is 129 cm³/mol. The Morgan fingerprint density at radius 2 is 2.07 bits per heavy atom. The molecule has 2 heterocycles. The van der Waals surface area contributed by atoms with Crippen LogP contribution in [-0.2, 0) is 11.2 Å². The molecule has 29 heavy (non-hydrogen) atoms. The Hall–Kier alpha value is -1.55. The van der Waals surface area contributed by atoms with E-state index in [0.717, 1.165) is 69.2 Å². The largest absolute Gasteiger partial charge is 0.469 e. The van der Waals surface area contributed by atoms with Crippen LogP contribution in [0.4, 0.5) is 0 Å². The number of furan rings is 1. The molecule has 7 nitrogen and oxygen atoms in total. The molecule has 1 amide bonds. The Balaban J connectivity index is 0.00000420. The molecule has 0 unspecified atom stereocenters. The third-order valence-corrected chi connectivity index (χ3v) is 4.62. The number of halogens is 1. The number of likely N-dealkylation sites (tertiary alicyclic amines) is 1. The fraction of sp³-hybridized carbons (Fsp3) is 0.619. The summed E-state index contributed by atoms with van der Waals surface area (Å²) in [4.78, 5) is 18.7. The Kier molecular flexibility index (Phi) is 12.7. The molecule has 0 aliphatic carbocycles. The molecule has 1 aliphatic rings. The Morgan fingerprint density at radius 3 is 2.69 bits per heavy atom. The lowest BCUT2D eigenvalue weighted by atomic mass is 10.1. The van der Waals surface area contributed by atoms with Crippen LogP contribution in [0.5, 0.6) is 0 Å². The number of hydrogen-bond acceptors (Lipinski definition) is 4. The SMILES string of the molecule is C=C(C)CN=C(NCCc1ccco1)NC1CCN(CC(=O)NCCC)CC1.I. The lowest BCUT2D eigenvalue weighted by molar-refractivity contribution is -0.122. The summed E-state index contributed by atoms with van der Waals surface area (Å²) in [7, 11) is 0. The monoisotopic (exact) mass is 517 g/mol. The molecule has 1 aromatic rings. The average Bonchev–Trinajstić information content (AvgIpc) is 3.19. The summed E-state index contributed by atoms with van der Waals surface area (Å²) in [5, 5.41) is 9.87. The predicted octanol–water partition coefficient (Wildman–Crippen LogP) is 2.54. The molecule has 0 radical (unpaired) electrons. The molecule has 2 rings (SSSR count). The van der Waals surface area contributed by atoms with Crippen LogP contribution in [0.3, 0.4) is 0 Å². The van der Waals surface area contributed by atoms with E-state index >= 15 is 0 Å². The van der Waals surface area contributed by atoms with Gasteiger partial charge in [-0.15, -0.1) is 24.0 Å². The molecule has 0 bridgehead atoms. The van der Waals surface area contributed by atoms with Crippen LogP contribution in [0.2, 0.25) is 0 Å². The Labute approximate surface area is 191 Å². The number of nitrogens with zero attached hydrogens (tertiary/aromatic N) is 2. The zero-order valence-electron chi connectivity index (χ0n) is 17.7. The van der Waals surface area contributed by atoms with Gasteiger partial charge < -0.3 is 20.4 Å². The van der Waals surface area contributed by atoms with Crippen LogP contribution in [0.15, 0.2) is 40.0 Å². The smallest absolute Gasteiger partial charge is 0.234 e. The van der Waals surface area contributed by atoms with Crippen molar-refractivity contribution in [1.82, 2.24) is 20.9 Å². The lowest BCUT2D eigenvalue weighted by Crippen LogP contribution is -2.50. The van der Waals surface area contributed by atoms with Crippen LogP contribution in [0, 0.1) is 0 Å². The van der Waals surface area contributed by atoms with Crippen LogP contribution in [-0.4, -0.2) is 62.1 Å². The molecule has 1 fully saturated rings. The van der Waals surface area contributed by atoms with Crippen molar-refractivity contribution in [2.45, 2.75) is 45.6 Å². The van der Waals surface area contributed by atoms with E-state index in [1.54, 1.807) is 6.26 Å². The number of carbonyl (C=O) groups excluding carboxylic acids is 1. The quantitative estimate of drug-likeness (QED) is 0.192. The van der Waals surface area contributed by atoms with E-state index < -0.39 is 0 Å². The first-order valence-electron chi connectivity index (χ1n) is 10.3. The minimum atomic E-state index is 0. The van der Waals surface area contributed by atoms with Crippen LogP contribution in [0.25, 0.3) is 0 Å². The van der Waals surface area contributed by atoms with Gasteiger partial charge in [0.15, 0.2) is 5.96 Å². The van der Waals surface area contributed by atoms with Crippen molar-refractivity contribution in [3.63, 3.8) is 0 Å². The normalized spacial score (nSPS) is 15.4. The standard InChI is InChI=1S/C21H35N5O2.HI/c1-4-10-22-20(27)16-26-12-8-18(9-13-26)25-21(24-15-17(2)3)23-11-7-19-6-5-14-28-19;/h5-6,14,18H,2,4,7-13,15-16H2,1,3H3,(H,22,27)(H2,23,24,25);1H. The number of guanidine groups is 1. The first kappa shape index (κ1) is 25.5. The van der Waals surface area contributed by atoms with Crippen LogP contribution < -0.4 is 16.0 Å². The number of aliphatic imine (C=N–C) groups is 1. The maximum Gasteiger partial charge on any atom is 0.234 e. The highest BCUT2D eigenvalue weighted by Crippen LogP contribution is 2.10. The molecule has 0 atom stereocenters. The number of nitrogens with one attached hydrogen (secondary N) is 3. The second-order valence-electron chi connectivity index (χ2n) is 7.42. The summed E-state index contributed by atoms with van der Waals surface area (Å²) in [5.41, 5.74) is 1.03. The summed E-state index contributed by atoms with van der Waals surface area (Å²) in [6, 6.07) is 4.24. The van der Waals surface area contributed by atoms with Crippen molar-refractivity contribution in [3.8, 4) is 0 Å². The summed E-state index contributed by atoms with van der Waals surface area (Å²) in [6.45, 7) is 12.4. The van der Waals surface area contributed by atoms with E-state index in [2.05, 4.69) is 39.3 Å². The van der Waals surface area contributed by atoms with Crippen molar-refractivity contribution < 1.29 is 9.21 Å². The van der Waals surface area contributed by atoms with Crippen molar-refractivity contribution in [2.24, 2.45) is 4.99 Å². The maximum atomic E-state index is 11.9. The van der Waals surface area contributed by atoms with E-state index in [-0.39, 0.29) is 29.9 Å². The van der Waals surface area contributed by atoms with Gasteiger partial charge in [-0.2, -0.15) is 0 Å². The van der Waals surface area contributed by atoms with Crippen molar-refractivity contribution in [1.29, 1.82) is 0 Å². The van der Waals surface area contributed by atoms with Crippen LogP contribution in [0.1, 0.15) is 38.9 Å². The van der Waals surface area contributed by atoms with E-state index in [1.165, 1.54) is 0 Å². The number of amides is 1. The van der Waals surface area contributed by atoms with Gasteiger partial charge in [-0.3, -0.25) is 9.69 Å². The minimum absolute atomic E-state index is 0. The van der Waals surface area contributed by atoms with Gasteiger partial charge in [-0.1, -0.05) is 19.1 Å². The number of piperidine rings is 1. The van der Waals surface area contributed by atoms with Gasteiger partial charge in [0, 0.05) is 38.6 Å². The molecule has 0 spiro atoms. The van der Waals surface area contributed by atoms with E-state index in [9.17, 15) is 4.79 Å². The van der Waals surface area contributed by atoms with Gasteiger partial charge in [-0.25, -0.2) is 4.99 Å². The summed E-state index contributed by atoms with van der Waals surface area (Å²) < 4.78 is 5.38. The van der Waals surface area contributed by atoms with Crippen molar-refractivity contribution >= 4 is 35.8 Å².